The first-order valence-corrected chi connectivity index (χ1v) is 3.64. The van der Waals surface area contributed by atoms with Gasteiger partial charge in [0.1, 0.15) is 0 Å². The second-order valence-electron chi connectivity index (χ2n) is 3.25. The van der Waals surface area contributed by atoms with Crippen LogP contribution in [0.3, 0.4) is 0 Å². The molecule has 0 bridgehead atoms. The summed E-state index contributed by atoms with van der Waals surface area (Å²) in [5, 5.41) is 0. The summed E-state index contributed by atoms with van der Waals surface area (Å²) in [6, 6.07) is 0. The zero-order chi connectivity index (χ0) is 9.41. The number of carbonyl (C=O) groups is 1. The van der Waals surface area contributed by atoms with Crippen LogP contribution in [0.15, 0.2) is 0 Å². The van der Waals surface area contributed by atoms with Crippen molar-refractivity contribution in [2.45, 2.75) is 32.5 Å². The van der Waals surface area contributed by atoms with Crippen LogP contribution in [-0.2, 0) is 9.53 Å². The van der Waals surface area contributed by atoms with Crippen molar-refractivity contribution in [1.29, 1.82) is 0 Å². The number of esters is 1. The summed E-state index contributed by atoms with van der Waals surface area (Å²) >= 11 is 0. The maximum Gasteiger partial charge on any atom is 0.575 e. The van der Waals surface area contributed by atoms with Crippen LogP contribution in [0.4, 0.5) is 13.2 Å². The van der Waals surface area contributed by atoms with E-state index in [9.17, 15) is 18.0 Å². The lowest BCUT2D eigenvalue weighted by atomic mass is 9.70. The van der Waals surface area contributed by atoms with Gasteiger partial charge in [-0.1, -0.05) is 6.42 Å². The van der Waals surface area contributed by atoms with E-state index in [0.717, 1.165) is 6.42 Å². The van der Waals surface area contributed by atoms with E-state index in [0.29, 0.717) is 12.8 Å². The average Bonchev–Trinajstić information content (AvgIpc) is 1.78. The SMILES string of the molecule is CC1(C(=O)OC(F)(F)F)CCC1. The van der Waals surface area contributed by atoms with Crippen LogP contribution in [0.5, 0.6) is 0 Å². The van der Waals surface area contributed by atoms with Crippen LogP contribution in [0.2, 0.25) is 0 Å². The Bertz CT molecular complexity index is 193. The molecule has 0 atom stereocenters. The molecule has 1 rings (SSSR count). The van der Waals surface area contributed by atoms with Crippen molar-refractivity contribution in [2.75, 3.05) is 0 Å². The maximum absolute atomic E-state index is 11.6. The lowest BCUT2D eigenvalue weighted by molar-refractivity contribution is -0.312. The fourth-order valence-corrected chi connectivity index (χ4v) is 1.14. The number of carbonyl (C=O) groups excluding carboxylic acids is 1. The van der Waals surface area contributed by atoms with Gasteiger partial charge in [-0.05, 0) is 19.8 Å². The Morgan fingerprint density at radius 1 is 1.42 bits per heavy atom. The normalized spacial score (nSPS) is 21.3. The number of hydrogen-bond acceptors (Lipinski definition) is 2. The van der Waals surface area contributed by atoms with Gasteiger partial charge >= 0.3 is 12.3 Å². The monoisotopic (exact) mass is 182 g/mol. The largest absolute Gasteiger partial charge is 0.575 e. The lowest BCUT2D eigenvalue weighted by Gasteiger charge is -2.35. The summed E-state index contributed by atoms with van der Waals surface area (Å²) in [6.45, 7) is 1.49. The summed E-state index contributed by atoms with van der Waals surface area (Å²) in [5.41, 5.74) is -0.893. The topological polar surface area (TPSA) is 26.3 Å². The molecule has 0 saturated heterocycles. The van der Waals surface area contributed by atoms with Crippen molar-refractivity contribution < 1.29 is 22.7 Å². The Hall–Kier alpha value is -0.740. The zero-order valence-electron chi connectivity index (χ0n) is 6.57. The van der Waals surface area contributed by atoms with Crippen molar-refractivity contribution in [1.82, 2.24) is 0 Å². The highest BCUT2D eigenvalue weighted by molar-refractivity contribution is 5.77. The van der Waals surface area contributed by atoms with Crippen molar-refractivity contribution in [2.24, 2.45) is 5.41 Å². The molecule has 1 fully saturated rings. The third kappa shape index (κ3) is 1.89. The summed E-state index contributed by atoms with van der Waals surface area (Å²) in [5.74, 6) is -1.15. The second kappa shape index (κ2) is 2.64. The van der Waals surface area contributed by atoms with Crippen LogP contribution < -0.4 is 0 Å². The van der Waals surface area contributed by atoms with Gasteiger partial charge < -0.3 is 4.74 Å². The Labute approximate surface area is 67.7 Å². The van der Waals surface area contributed by atoms with Gasteiger partial charge in [0.15, 0.2) is 0 Å². The predicted molar refractivity (Wildman–Crippen MR) is 34.1 cm³/mol. The molecule has 0 spiro atoms. The third-order valence-corrected chi connectivity index (χ3v) is 2.16. The van der Waals surface area contributed by atoms with Gasteiger partial charge in [0.05, 0.1) is 5.41 Å². The number of halogens is 3. The molecule has 0 aromatic rings. The first-order chi connectivity index (χ1) is 5.33. The molecule has 1 aliphatic carbocycles. The summed E-state index contributed by atoms with van der Waals surface area (Å²) < 4.78 is 38.0. The molecule has 1 aliphatic rings. The molecule has 12 heavy (non-hydrogen) atoms. The highest BCUT2D eigenvalue weighted by Gasteiger charge is 2.46. The highest BCUT2D eigenvalue weighted by atomic mass is 19.4. The Morgan fingerprint density at radius 3 is 2.17 bits per heavy atom. The number of rotatable bonds is 1. The molecule has 0 N–H and O–H groups in total. The van der Waals surface area contributed by atoms with Crippen LogP contribution in [-0.4, -0.2) is 12.3 Å². The molecule has 1 saturated carbocycles. The van der Waals surface area contributed by atoms with Crippen molar-refractivity contribution >= 4 is 5.97 Å². The molecule has 0 radical (unpaired) electrons. The van der Waals surface area contributed by atoms with E-state index in [1.165, 1.54) is 6.92 Å². The smallest absolute Gasteiger partial charge is 0.373 e. The van der Waals surface area contributed by atoms with Crippen LogP contribution in [0.1, 0.15) is 26.2 Å². The minimum Gasteiger partial charge on any atom is -0.373 e. The van der Waals surface area contributed by atoms with E-state index in [2.05, 4.69) is 4.74 Å². The zero-order valence-corrected chi connectivity index (χ0v) is 6.57. The van der Waals surface area contributed by atoms with Gasteiger partial charge in [-0.3, -0.25) is 4.79 Å². The maximum atomic E-state index is 11.6. The van der Waals surface area contributed by atoms with Gasteiger partial charge in [-0.15, -0.1) is 13.2 Å². The quantitative estimate of drug-likeness (QED) is 0.581. The Kier molecular flexibility index (Phi) is 2.06. The van der Waals surface area contributed by atoms with Crippen molar-refractivity contribution in [3.8, 4) is 0 Å². The molecule has 70 valence electrons. The van der Waals surface area contributed by atoms with Gasteiger partial charge in [-0.2, -0.15) is 0 Å². The van der Waals surface area contributed by atoms with E-state index in [1.54, 1.807) is 0 Å². The highest BCUT2D eigenvalue weighted by Crippen LogP contribution is 2.42. The number of ether oxygens (including phenoxy) is 1. The van der Waals surface area contributed by atoms with E-state index < -0.39 is 17.7 Å². The summed E-state index contributed by atoms with van der Waals surface area (Å²) in [4.78, 5) is 10.8. The molecule has 0 amide bonds. The molecule has 0 aromatic heterocycles. The lowest BCUT2D eigenvalue weighted by Crippen LogP contribution is -2.39. The molecule has 0 heterocycles. The molecule has 2 nitrogen and oxygen atoms in total. The standard InChI is InChI=1S/C7H9F3O2/c1-6(3-2-4-6)5(11)12-7(8,9)10/h2-4H2,1H3. The van der Waals surface area contributed by atoms with E-state index in [4.69, 9.17) is 0 Å². The summed E-state index contributed by atoms with van der Waals surface area (Å²) in [7, 11) is 0. The molecule has 0 aromatic carbocycles. The fraction of sp³-hybridized carbons (Fsp3) is 0.857. The minimum absolute atomic E-state index is 0.488. The average molecular weight is 182 g/mol. The molecular weight excluding hydrogens is 173 g/mol. The molecular formula is C7H9F3O2. The van der Waals surface area contributed by atoms with E-state index in [-0.39, 0.29) is 0 Å². The molecule has 0 aliphatic heterocycles. The first kappa shape index (κ1) is 9.35. The molecule has 0 unspecified atom stereocenters. The summed E-state index contributed by atoms with van der Waals surface area (Å²) in [6.07, 6.45) is -3.07. The van der Waals surface area contributed by atoms with Gasteiger partial charge in [0.25, 0.3) is 0 Å². The van der Waals surface area contributed by atoms with Crippen molar-refractivity contribution in [3.05, 3.63) is 0 Å². The van der Waals surface area contributed by atoms with E-state index >= 15 is 0 Å². The number of hydrogen-bond donors (Lipinski definition) is 0. The number of alkyl halides is 3. The fourth-order valence-electron chi connectivity index (χ4n) is 1.14. The minimum atomic E-state index is -4.84. The van der Waals surface area contributed by atoms with Gasteiger partial charge in [0.2, 0.25) is 0 Å². The molecule has 5 heteroatoms. The predicted octanol–water partition coefficient (Wildman–Crippen LogP) is 2.24. The van der Waals surface area contributed by atoms with Crippen LogP contribution >= 0.6 is 0 Å². The second-order valence-corrected chi connectivity index (χ2v) is 3.25. The van der Waals surface area contributed by atoms with Crippen molar-refractivity contribution in [3.63, 3.8) is 0 Å². The van der Waals surface area contributed by atoms with Crippen LogP contribution in [0, 0.1) is 5.41 Å². The van der Waals surface area contributed by atoms with Gasteiger partial charge in [-0.25, -0.2) is 0 Å². The third-order valence-electron chi connectivity index (χ3n) is 2.16. The van der Waals surface area contributed by atoms with Gasteiger partial charge in [0, 0.05) is 0 Å². The van der Waals surface area contributed by atoms with Crippen LogP contribution in [0.25, 0.3) is 0 Å². The Balaban J connectivity index is 2.49. The first-order valence-electron chi connectivity index (χ1n) is 3.64. The van der Waals surface area contributed by atoms with E-state index in [1.807, 2.05) is 0 Å². The Morgan fingerprint density at radius 2 is 1.92 bits per heavy atom.